The maximum Gasteiger partial charge on any atom is -0.0414 e. The van der Waals surface area contributed by atoms with E-state index in [0.29, 0.717) is 0 Å². The molecule has 0 aromatic rings. The molecule has 0 aromatic heterocycles. The molecule has 1 unspecified atom stereocenters. The van der Waals surface area contributed by atoms with Crippen molar-refractivity contribution in [2.45, 2.75) is 66.7 Å². The summed E-state index contributed by atoms with van der Waals surface area (Å²) < 4.78 is 0. The Morgan fingerprint density at radius 1 is 0.923 bits per heavy atom. The zero-order chi connectivity index (χ0) is 10.3. The first-order chi connectivity index (χ1) is 6.10. The van der Waals surface area contributed by atoms with E-state index < -0.39 is 0 Å². The topological polar surface area (TPSA) is 0 Å². The zero-order valence-electron chi connectivity index (χ0n) is 10.3. The Bertz CT molecular complexity index is 105. The van der Waals surface area contributed by atoms with Crippen molar-refractivity contribution >= 4 is 0 Å². The molecule has 0 bridgehead atoms. The highest BCUT2D eigenvalue weighted by molar-refractivity contribution is 4.63. The third kappa shape index (κ3) is 7.10. The normalized spacial score (nSPS) is 16.2. The highest BCUT2D eigenvalue weighted by Crippen LogP contribution is 2.24. The van der Waals surface area contributed by atoms with Gasteiger partial charge in [-0.25, -0.2) is 0 Å². The minimum atomic E-state index is 0.870. The lowest BCUT2D eigenvalue weighted by atomic mass is 9.86. The average Bonchev–Trinajstić information content (AvgIpc) is 2.02. The van der Waals surface area contributed by atoms with Crippen molar-refractivity contribution in [1.29, 1.82) is 0 Å². The molecule has 0 radical (unpaired) electrons. The van der Waals surface area contributed by atoms with Gasteiger partial charge in [-0.3, -0.25) is 0 Å². The van der Waals surface area contributed by atoms with Gasteiger partial charge < -0.3 is 0 Å². The van der Waals surface area contributed by atoms with Crippen LogP contribution in [0.1, 0.15) is 66.7 Å². The van der Waals surface area contributed by atoms with Crippen molar-refractivity contribution in [3.8, 4) is 0 Å². The Morgan fingerprint density at radius 2 is 1.54 bits per heavy atom. The Balaban J connectivity index is 3.65. The van der Waals surface area contributed by atoms with E-state index in [1.165, 1.54) is 32.1 Å². The molecular weight excluding hydrogens is 156 g/mol. The van der Waals surface area contributed by atoms with Crippen LogP contribution in [0.4, 0.5) is 0 Å². The van der Waals surface area contributed by atoms with Crippen LogP contribution in [0.25, 0.3) is 0 Å². The van der Waals surface area contributed by atoms with Crippen molar-refractivity contribution in [3.63, 3.8) is 0 Å². The third-order valence-corrected chi connectivity index (χ3v) is 2.88. The van der Waals surface area contributed by atoms with Gasteiger partial charge in [0.1, 0.15) is 0 Å². The van der Waals surface area contributed by atoms with Gasteiger partial charge in [0.25, 0.3) is 0 Å². The van der Waals surface area contributed by atoms with Gasteiger partial charge in [-0.15, -0.1) is 0 Å². The molecule has 80 valence electrons. The average molecular weight is 184 g/mol. The molecule has 0 saturated carbocycles. The molecular formula is C13H28. The minimum Gasteiger partial charge on any atom is -0.0654 e. The predicted octanol–water partition coefficient (Wildman–Crippen LogP) is 4.89. The summed E-state index contributed by atoms with van der Waals surface area (Å²) in [5.41, 5.74) is 0. The molecule has 0 aliphatic heterocycles. The van der Waals surface area contributed by atoms with Gasteiger partial charge in [-0.2, -0.15) is 0 Å². The molecule has 0 amide bonds. The quantitative estimate of drug-likeness (QED) is 0.528. The first-order valence-electron chi connectivity index (χ1n) is 6.10. The van der Waals surface area contributed by atoms with E-state index in [0.717, 1.165) is 17.8 Å². The first-order valence-corrected chi connectivity index (χ1v) is 6.10. The van der Waals surface area contributed by atoms with Crippen LogP contribution >= 0.6 is 0 Å². The van der Waals surface area contributed by atoms with Crippen molar-refractivity contribution in [3.05, 3.63) is 0 Å². The summed E-state index contributed by atoms with van der Waals surface area (Å²) in [6.45, 7) is 11.7. The van der Waals surface area contributed by atoms with E-state index in [9.17, 15) is 0 Å². The number of hydrogen-bond acceptors (Lipinski definition) is 0. The molecule has 0 aromatic carbocycles. The summed E-state index contributed by atoms with van der Waals surface area (Å²) in [5, 5.41) is 0. The minimum absolute atomic E-state index is 0.870. The molecule has 13 heavy (non-hydrogen) atoms. The third-order valence-electron chi connectivity index (χ3n) is 2.88. The highest BCUT2D eigenvalue weighted by atomic mass is 14.2. The summed E-state index contributed by atoms with van der Waals surface area (Å²) in [5.74, 6) is 2.78. The van der Waals surface area contributed by atoms with Crippen LogP contribution in [-0.4, -0.2) is 0 Å². The second-order valence-electron chi connectivity index (χ2n) is 5.03. The maximum atomic E-state index is 2.42. The fourth-order valence-corrected chi connectivity index (χ4v) is 2.37. The van der Waals surface area contributed by atoms with Crippen LogP contribution in [0.2, 0.25) is 0 Å². The van der Waals surface area contributed by atoms with Gasteiger partial charge in [0, 0.05) is 0 Å². The van der Waals surface area contributed by atoms with Crippen molar-refractivity contribution in [2.24, 2.45) is 17.8 Å². The summed E-state index contributed by atoms with van der Waals surface area (Å²) >= 11 is 0. The Kier molecular flexibility index (Phi) is 7.41. The van der Waals surface area contributed by atoms with Crippen LogP contribution in [0.5, 0.6) is 0 Å². The number of rotatable bonds is 7. The first kappa shape index (κ1) is 13.0. The second-order valence-corrected chi connectivity index (χ2v) is 5.03. The van der Waals surface area contributed by atoms with E-state index in [2.05, 4.69) is 34.6 Å². The van der Waals surface area contributed by atoms with E-state index in [4.69, 9.17) is 0 Å². The van der Waals surface area contributed by atoms with Gasteiger partial charge in [-0.05, 0) is 30.6 Å². The standard InChI is InChI=1S/C13H28/c1-6-8-13(7-2)10-12(5)9-11(3)4/h11-13H,6-10H2,1-5H3/t12?,13-/m0/s1. The fourth-order valence-electron chi connectivity index (χ4n) is 2.37. The van der Waals surface area contributed by atoms with Gasteiger partial charge in [0.05, 0.1) is 0 Å². The lowest BCUT2D eigenvalue weighted by molar-refractivity contribution is 0.319. The van der Waals surface area contributed by atoms with Crippen LogP contribution in [-0.2, 0) is 0 Å². The lowest BCUT2D eigenvalue weighted by Crippen LogP contribution is -2.07. The van der Waals surface area contributed by atoms with E-state index in [1.54, 1.807) is 0 Å². The summed E-state index contributed by atoms with van der Waals surface area (Å²) in [4.78, 5) is 0. The summed E-state index contributed by atoms with van der Waals surface area (Å²) in [6, 6.07) is 0. The molecule has 2 atom stereocenters. The molecule has 0 spiro atoms. The Labute approximate surface area is 85.1 Å². The van der Waals surface area contributed by atoms with E-state index >= 15 is 0 Å². The van der Waals surface area contributed by atoms with Gasteiger partial charge in [-0.1, -0.05) is 53.9 Å². The Hall–Kier alpha value is 0. The summed E-state index contributed by atoms with van der Waals surface area (Å²) in [7, 11) is 0. The maximum absolute atomic E-state index is 2.42. The van der Waals surface area contributed by atoms with Gasteiger partial charge in [0.15, 0.2) is 0 Å². The largest absolute Gasteiger partial charge is 0.0654 e. The molecule has 0 heterocycles. The highest BCUT2D eigenvalue weighted by Gasteiger charge is 2.11. The molecule has 0 nitrogen and oxygen atoms in total. The predicted molar refractivity (Wildman–Crippen MR) is 61.9 cm³/mol. The van der Waals surface area contributed by atoms with Crippen molar-refractivity contribution < 1.29 is 0 Å². The zero-order valence-corrected chi connectivity index (χ0v) is 10.3. The van der Waals surface area contributed by atoms with Gasteiger partial charge >= 0.3 is 0 Å². The molecule has 0 N–H and O–H groups in total. The van der Waals surface area contributed by atoms with Crippen LogP contribution in [0.15, 0.2) is 0 Å². The van der Waals surface area contributed by atoms with E-state index in [-0.39, 0.29) is 0 Å². The van der Waals surface area contributed by atoms with E-state index in [1.807, 2.05) is 0 Å². The molecule has 0 saturated heterocycles. The Morgan fingerprint density at radius 3 is 1.92 bits per heavy atom. The smallest absolute Gasteiger partial charge is 0.0414 e. The van der Waals surface area contributed by atoms with Crippen molar-refractivity contribution in [2.75, 3.05) is 0 Å². The lowest BCUT2D eigenvalue weighted by Gasteiger charge is -2.20. The molecule has 0 fully saturated rings. The number of hydrogen-bond donors (Lipinski definition) is 0. The molecule has 0 aliphatic carbocycles. The summed E-state index contributed by atoms with van der Waals surface area (Å²) in [6.07, 6.45) is 7.00. The van der Waals surface area contributed by atoms with Gasteiger partial charge in [0.2, 0.25) is 0 Å². The fraction of sp³-hybridized carbons (Fsp3) is 1.00. The molecule has 0 aliphatic rings. The van der Waals surface area contributed by atoms with Crippen LogP contribution in [0, 0.1) is 17.8 Å². The van der Waals surface area contributed by atoms with Crippen LogP contribution in [0.3, 0.4) is 0 Å². The molecule has 0 rings (SSSR count). The SMILES string of the molecule is CCC[C@H](CC)CC(C)CC(C)C. The molecule has 0 heteroatoms. The second kappa shape index (κ2) is 7.41. The van der Waals surface area contributed by atoms with Crippen LogP contribution < -0.4 is 0 Å². The monoisotopic (exact) mass is 184 g/mol. The van der Waals surface area contributed by atoms with Crippen molar-refractivity contribution in [1.82, 2.24) is 0 Å².